The van der Waals surface area contributed by atoms with Crippen molar-refractivity contribution in [1.82, 2.24) is 4.90 Å². The van der Waals surface area contributed by atoms with Crippen molar-refractivity contribution >= 4 is 17.4 Å². The summed E-state index contributed by atoms with van der Waals surface area (Å²) in [6.45, 7) is 7.96. The number of carbonyl (C=O) groups excluding carboxylic acids is 2. The van der Waals surface area contributed by atoms with E-state index in [1.807, 2.05) is 27.7 Å². The van der Waals surface area contributed by atoms with Crippen molar-refractivity contribution in [1.29, 1.82) is 0 Å². The average Bonchev–Trinajstić information content (AvgIpc) is 2.63. The molecule has 1 aliphatic rings. The van der Waals surface area contributed by atoms with Gasteiger partial charge < -0.3 is 9.84 Å². The van der Waals surface area contributed by atoms with Gasteiger partial charge in [0.25, 0.3) is 11.8 Å². The van der Waals surface area contributed by atoms with Crippen molar-refractivity contribution in [3.63, 3.8) is 0 Å². The minimum absolute atomic E-state index is 0.0506. The number of carbonyl (C=O) groups is 2. The molecule has 118 valence electrons. The van der Waals surface area contributed by atoms with Gasteiger partial charge in [-0.15, -0.1) is 0 Å². The molecule has 5 heteroatoms. The van der Waals surface area contributed by atoms with E-state index < -0.39 is 17.6 Å². The lowest BCUT2D eigenvalue weighted by Gasteiger charge is -2.16. The molecule has 0 saturated heterocycles. The van der Waals surface area contributed by atoms with Crippen LogP contribution in [0, 0.1) is 5.92 Å². The minimum atomic E-state index is -0.629. The van der Waals surface area contributed by atoms with E-state index in [1.165, 1.54) is 0 Å². The summed E-state index contributed by atoms with van der Waals surface area (Å²) in [6.07, 6.45) is 0.0506. The second-order valence-electron chi connectivity index (χ2n) is 6.03. The summed E-state index contributed by atoms with van der Waals surface area (Å²) in [4.78, 5) is 25.5. The van der Waals surface area contributed by atoms with E-state index in [0.717, 1.165) is 4.90 Å². The zero-order valence-corrected chi connectivity index (χ0v) is 13.3. The lowest BCUT2D eigenvalue weighted by Crippen LogP contribution is -2.34. The highest BCUT2D eigenvalue weighted by Crippen LogP contribution is 2.29. The smallest absolute Gasteiger partial charge is 0.296 e. The van der Waals surface area contributed by atoms with Crippen molar-refractivity contribution in [2.45, 2.75) is 33.8 Å². The van der Waals surface area contributed by atoms with Gasteiger partial charge in [-0.3, -0.25) is 14.5 Å². The number of nitrogens with zero attached hydrogens (tertiary/aromatic N) is 1. The summed E-state index contributed by atoms with van der Waals surface area (Å²) in [5.74, 6) is -0.746. The van der Waals surface area contributed by atoms with E-state index >= 15 is 0 Å². The Kier molecular flexibility index (Phi) is 4.54. The van der Waals surface area contributed by atoms with Crippen LogP contribution in [0.25, 0.3) is 5.57 Å². The minimum Gasteiger partial charge on any atom is -0.502 e. The standard InChI is InChI=1S/C17H21NO4/c1-10(2)9-18-16(20)14(15(19)17(18)21)12-5-7-13(8-6-12)22-11(3)4/h5-8,10-11,19H,9H2,1-4H3. The monoisotopic (exact) mass is 303 g/mol. The molecule has 1 N–H and O–H groups in total. The van der Waals surface area contributed by atoms with Crippen molar-refractivity contribution in [3.8, 4) is 5.75 Å². The fourth-order valence-corrected chi connectivity index (χ4v) is 2.33. The summed E-state index contributed by atoms with van der Waals surface area (Å²) in [5.41, 5.74) is 0.569. The van der Waals surface area contributed by atoms with Crippen LogP contribution in [0.2, 0.25) is 0 Å². The molecule has 1 aromatic rings. The molecule has 0 aliphatic carbocycles. The van der Waals surface area contributed by atoms with E-state index in [0.29, 0.717) is 17.9 Å². The number of ether oxygens (including phenoxy) is 1. The first-order valence-corrected chi connectivity index (χ1v) is 7.37. The summed E-state index contributed by atoms with van der Waals surface area (Å²) < 4.78 is 5.54. The number of rotatable bonds is 5. The second kappa shape index (κ2) is 6.22. The number of hydrogen-bond donors (Lipinski definition) is 1. The van der Waals surface area contributed by atoms with Gasteiger partial charge in [0.15, 0.2) is 5.76 Å². The third-order valence-electron chi connectivity index (χ3n) is 3.21. The summed E-state index contributed by atoms with van der Waals surface area (Å²) >= 11 is 0. The molecule has 2 amide bonds. The maximum absolute atomic E-state index is 12.4. The van der Waals surface area contributed by atoms with Crippen LogP contribution in [-0.4, -0.2) is 34.5 Å². The number of aliphatic hydroxyl groups excluding tert-OH is 1. The lowest BCUT2D eigenvalue weighted by atomic mass is 10.1. The molecule has 5 nitrogen and oxygen atoms in total. The largest absolute Gasteiger partial charge is 0.502 e. The Bertz CT molecular complexity index is 614. The molecule has 0 bridgehead atoms. The molecule has 1 heterocycles. The maximum atomic E-state index is 12.4. The zero-order valence-electron chi connectivity index (χ0n) is 13.3. The number of amides is 2. The number of benzene rings is 1. The van der Waals surface area contributed by atoms with Gasteiger partial charge in [0.05, 0.1) is 11.7 Å². The van der Waals surface area contributed by atoms with Crippen LogP contribution in [0.15, 0.2) is 30.0 Å². The second-order valence-corrected chi connectivity index (χ2v) is 6.03. The first kappa shape index (κ1) is 16.1. The molecule has 0 saturated carbocycles. The van der Waals surface area contributed by atoms with E-state index in [2.05, 4.69) is 0 Å². The summed E-state index contributed by atoms with van der Waals surface area (Å²) in [6, 6.07) is 6.79. The van der Waals surface area contributed by atoms with Crippen molar-refractivity contribution in [2.24, 2.45) is 5.92 Å². The molecule has 0 atom stereocenters. The molecule has 1 aromatic carbocycles. The van der Waals surface area contributed by atoms with Crippen LogP contribution in [0.1, 0.15) is 33.3 Å². The van der Waals surface area contributed by atoms with E-state index in [-0.39, 0.29) is 17.6 Å². The van der Waals surface area contributed by atoms with Crippen LogP contribution < -0.4 is 4.74 Å². The normalized spacial score (nSPS) is 15.5. The Morgan fingerprint density at radius 1 is 1.05 bits per heavy atom. The highest BCUT2D eigenvalue weighted by molar-refractivity contribution is 6.34. The highest BCUT2D eigenvalue weighted by Gasteiger charge is 2.39. The van der Waals surface area contributed by atoms with Gasteiger partial charge in [0.1, 0.15) is 5.75 Å². The third-order valence-corrected chi connectivity index (χ3v) is 3.21. The number of imide groups is 1. The van der Waals surface area contributed by atoms with Gasteiger partial charge in [-0.25, -0.2) is 0 Å². The highest BCUT2D eigenvalue weighted by atomic mass is 16.5. The molecule has 22 heavy (non-hydrogen) atoms. The molecular formula is C17H21NO4. The van der Waals surface area contributed by atoms with Crippen LogP contribution in [0.4, 0.5) is 0 Å². The number of hydrogen-bond acceptors (Lipinski definition) is 4. The average molecular weight is 303 g/mol. The predicted molar refractivity (Wildman–Crippen MR) is 83.3 cm³/mol. The summed E-state index contributed by atoms with van der Waals surface area (Å²) in [5, 5.41) is 10.0. The van der Waals surface area contributed by atoms with Gasteiger partial charge in [-0.1, -0.05) is 26.0 Å². The Hall–Kier alpha value is -2.30. The van der Waals surface area contributed by atoms with E-state index in [9.17, 15) is 14.7 Å². The summed E-state index contributed by atoms with van der Waals surface area (Å²) in [7, 11) is 0. The molecule has 1 aliphatic heterocycles. The number of aliphatic hydroxyl groups is 1. The third kappa shape index (κ3) is 3.13. The van der Waals surface area contributed by atoms with Gasteiger partial charge in [-0.2, -0.15) is 0 Å². The van der Waals surface area contributed by atoms with Crippen molar-refractivity contribution < 1.29 is 19.4 Å². The topological polar surface area (TPSA) is 66.8 Å². The van der Waals surface area contributed by atoms with E-state index in [4.69, 9.17) is 4.74 Å². The molecule has 2 rings (SSSR count). The maximum Gasteiger partial charge on any atom is 0.296 e. The quantitative estimate of drug-likeness (QED) is 0.849. The Labute approximate surface area is 130 Å². The predicted octanol–water partition coefficient (Wildman–Crippen LogP) is 2.77. The van der Waals surface area contributed by atoms with Crippen LogP contribution in [0.5, 0.6) is 5.75 Å². The fourth-order valence-electron chi connectivity index (χ4n) is 2.33. The molecule has 0 spiro atoms. The molecule has 0 aromatic heterocycles. The molecule has 0 radical (unpaired) electrons. The Morgan fingerprint density at radius 2 is 1.64 bits per heavy atom. The van der Waals surface area contributed by atoms with Crippen LogP contribution in [-0.2, 0) is 9.59 Å². The first-order valence-electron chi connectivity index (χ1n) is 7.37. The van der Waals surface area contributed by atoms with Crippen LogP contribution in [0.3, 0.4) is 0 Å². The Morgan fingerprint density at radius 3 is 2.14 bits per heavy atom. The lowest BCUT2D eigenvalue weighted by molar-refractivity contribution is -0.138. The first-order chi connectivity index (χ1) is 10.3. The van der Waals surface area contributed by atoms with Gasteiger partial charge in [0.2, 0.25) is 0 Å². The zero-order chi connectivity index (χ0) is 16.4. The van der Waals surface area contributed by atoms with Gasteiger partial charge >= 0.3 is 0 Å². The molecular weight excluding hydrogens is 282 g/mol. The SMILES string of the molecule is CC(C)CN1C(=O)C(O)=C(c2ccc(OC(C)C)cc2)C1=O. The van der Waals surface area contributed by atoms with Crippen molar-refractivity contribution in [3.05, 3.63) is 35.6 Å². The fraction of sp³-hybridized carbons (Fsp3) is 0.412. The molecule has 0 fully saturated rings. The Balaban J connectivity index is 2.28. The van der Waals surface area contributed by atoms with E-state index in [1.54, 1.807) is 24.3 Å². The van der Waals surface area contributed by atoms with Gasteiger partial charge in [-0.05, 0) is 37.5 Å². The molecule has 0 unspecified atom stereocenters. The van der Waals surface area contributed by atoms with Crippen molar-refractivity contribution in [2.75, 3.05) is 6.54 Å². The van der Waals surface area contributed by atoms with Crippen LogP contribution >= 0.6 is 0 Å². The van der Waals surface area contributed by atoms with Gasteiger partial charge in [0, 0.05) is 6.54 Å².